The molecule has 2 heterocycles. The normalized spacial score (nSPS) is 16.1. The largest absolute Gasteiger partial charge is 0.467 e. The molecule has 1 aliphatic rings. The van der Waals surface area contributed by atoms with Crippen molar-refractivity contribution < 1.29 is 13.6 Å². The number of hydrazone groups is 1. The number of hydrogen-bond acceptors (Lipinski definition) is 4. The molecule has 0 unspecified atom stereocenters. The van der Waals surface area contributed by atoms with Gasteiger partial charge in [0, 0.05) is 12.1 Å². The maximum absolute atomic E-state index is 13.3. The first-order valence-corrected chi connectivity index (χ1v) is 9.09. The SMILES string of the molecule is Cc1ccc(C2=NN(C(=O)CNc3cccc(F)c3)[C@@H](c3ccco3)C2)cc1. The summed E-state index contributed by atoms with van der Waals surface area (Å²) in [5.74, 6) is 0.115. The summed E-state index contributed by atoms with van der Waals surface area (Å²) in [5.41, 5.74) is 3.53. The lowest BCUT2D eigenvalue weighted by Gasteiger charge is -2.20. The summed E-state index contributed by atoms with van der Waals surface area (Å²) < 4.78 is 18.9. The summed E-state index contributed by atoms with van der Waals surface area (Å²) in [6, 6.07) is 17.4. The average Bonchev–Trinajstić information content (AvgIpc) is 3.36. The average molecular weight is 377 g/mol. The molecule has 0 spiro atoms. The van der Waals surface area contributed by atoms with Crippen LogP contribution in [0.1, 0.15) is 29.3 Å². The Kier molecular flexibility index (Phi) is 4.93. The second-order valence-corrected chi connectivity index (χ2v) is 6.75. The van der Waals surface area contributed by atoms with Crippen LogP contribution in [0, 0.1) is 12.7 Å². The Bertz CT molecular complexity index is 997. The van der Waals surface area contributed by atoms with E-state index in [-0.39, 0.29) is 24.3 Å². The van der Waals surface area contributed by atoms with Crippen LogP contribution in [0.15, 0.2) is 76.4 Å². The molecular weight excluding hydrogens is 357 g/mol. The minimum absolute atomic E-state index is 0.00530. The van der Waals surface area contributed by atoms with Crippen LogP contribution in [-0.2, 0) is 4.79 Å². The number of amides is 1. The Labute approximate surface area is 162 Å². The van der Waals surface area contributed by atoms with Crippen molar-refractivity contribution in [3.05, 3.63) is 89.6 Å². The van der Waals surface area contributed by atoms with E-state index < -0.39 is 0 Å². The molecule has 2 aromatic carbocycles. The van der Waals surface area contributed by atoms with E-state index in [0.29, 0.717) is 17.9 Å². The van der Waals surface area contributed by atoms with E-state index in [9.17, 15) is 9.18 Å². The van der Waals surface area contributed by atoms with Crippen LogP contribution in [0.2, 0.25) is 0 Å². The van der Waals surface area contributed by atoms with Crippen LogP contribution >= 0.6 is 0 Å². The molecule has 0 fully saturated rings. The molecule has 0 bridgehead atoms. The molecule has 0 saturated carbocycles. The highest BCUT2D eigenvalue weighted by Crippen LogP contribution is 2.33. The lowest BCUT2D eigenvalue weighted by Crippen LogP contribution is -2.32. The summed E-state index contributed by atoms with van der Waals surface area (Å²) in [5, 5.41) is 9.00. The number of halogens is 1. The third kappa shape index (κ3) is 3.81. The molecule has 1 aliphatic heterocycles. The van der Waals surface area contributed by atoms with E-state index >= 15 is 0 Å². The molecule has 1 amide bonds. The molecule has 1 atom stereocenters. The quantitative estimate of drug-likeness (QED) is 0.711. The van der Waals surface area contributed by atoms with Gasteiger partial charge in [0.1, 0.15) is 17.6 Å². The summed E-state index contributed by atoms with van der Waals surface area (Å²) >= 11 is 0. The van der Waals surface area contributed by atoms with Crippen molar-refractivity contribution in [3.63, 3.8) is 0 Å². The Morgan fingerprint density at radius 1 is 1.21 bits per heavy atom. The topological polar surface area (TPSA) is 57.8 Å². The van der Waals surface area contributed by atoms with Gasteiger partial charge in [0.15, 0.2) is 0 Å². The van der Waals surface area contributed by atoms with E-state index in [1.54, 1.807) is 24.5 Å². The summed E-state index contributed by atoms with van der Waals surface area (Å²) in [4.78, 5) is 12.9. The third-order valence-corrected chi connectivity index (χ3v) is 4.69. The van der Waals surface area contributed by atoms with Crippen molar-refractivity contribution in [1.29, 1.82) is 0 Å². The van der Waals surface area contributed by atoms with Crippen LogP contribution < -0.4 is 5.32 Å². The van der Waals surface area contributed by atoms with Crippen LogP contribution in [0.25, 0.3) is 0 Å². The lowest BCUT2D eigenvalue weighted by molar-refractivity contribution is -0.131. The van der Waals surface area contributed by atoms with E-state index in [0.717, 1.165) is 16.8 Å². The van der Waals surface area contributed by atoms with Gasteiger partial charge in [0.05, 0.1) is 18.5 Å². The van der Waals surface area contributed by atoms with Gasteiger partial charge in [-0.3, -0.25) is 4.79 Å². The van der Waals surface area contributed by atoms with Crippen molar-refractivity contribution in [2.24, 2.45) is 5.10 Å². The summed E-state index contributed by atoms with van der Waals surface area (Å²) in [6.07, 6.45) is 2.16. The van der Waals surface area contributed by atoms with E-state index in [2.05, 4.69) is 10.4 Å². The van der Waals surface area contributed by atoms with Gasteiger partial charge in [0.25, 0.3) is 5.91 Å². The minimum atomic E-state index is -0.355. The van der Waals surface area contributed by atoms with Crippen molar-refractivity contribution >= 4 is 17.3 Å². The van der Waals surface area contributed by atoms with Gasteiger partial charge in [-0.05, 0) is 42.8 Å². The predicted molar refractivity (Wildman–Crippen MR) is 106 cm³/mol. The standard InChI is InChI=1S/C22H20FN3O2/c1-15-7-9-16(10-8-15)19-13-20(21-6-3-11-28-21)26(25-19)22(27)14-24-18-5-2-4-17(23)12-18/h2-12,20,24H,13-14H2,1H3/t20-/m1/s1. The third-order valence-electron chi connectivity index (χ3n) is 4.69. The number of rotatable bonds is 5. The number of anilines is 1. The lowest BCUT2D eigenvalue weighted by atomic mass is 10.0. The fourth-order valence-corrected chi connectivity index (χ4v) is 3.22. The number of hydrogen-bond donors (Lipinski definition) is 1. The van der Waals surface area contributed by atoms with Crippen LogP contribution in [-0.4, -0.2) is 23.2 Å². The Balaban J connectivity index is 1.55. The zero-order valence-corrected chi connectivity index (χ0v) is 15.4. The number of carbonyl (C=O) groups is 1. The van der Waals surface area contributed by atoms with Crippen molar-refractivity contribution in [1.82, 2.24) is 5.01 Å². The molecule has 28 heavy (non-hydrogen) atoms. The van der Waals surface area contributed by atoms with Crippen LogP contribution in [0.4, 0.5) is 10.1 Å². The van der Waals surface area contributed by atoms with E-state index in [1.165, 1.54) is 17.1 Å². The smallest absolute Gasteiger partial charge is 0.262 e. The van der Waals surface area contributed by atoms with Crippen LogP contribution in [0.3, 0.4) is 0 Å². The second kappa shape index (κ2) is 7.68. The zero-order valence-electron chi connectivity index (χ0n) is 15.4. The summed E-state index contributed by atoms with van der Waals surface area (Å²) in [6.45, 7) is 2.03. The maximum atomic E-state index is 13.3. The highest BCUT2D eigenvalue weighted by atomic mass is 19.1. The van der Waals surface area contributed by atoms with E-state index in [4.69, 9.17) is 4.42 Å². The molecule has 1 aromatic heterocycles. The molecule has 4 rings (SSSR count). The molecule has 5 nitrogen and oxygen atoms in total. The first kappa shape index (κ1) is 18.0. The first-order valence-electron chi connectivity index (χ1n) is 9.09. The minimum Gasteiger partial charge on any atom is -0.467 e. The number of benzene rings is 2. The molecule has 0 saturated heterocycles. The van der Waals surface area contributed by atoms with Crippen LogP contribution in [0.5, 0.6) is 0 Å². The Hall–Kier alpha value is -3.41. The van der Waals surface area contributed by atoms with Gasteiger partial charge < -0.3 is 9.73 Å². The molecule has 1 N–H and O–H groups in total. The number of aryl methyl sites for hydroxylation is 1. The number of nitrogens with one attached hydrogen (secondary N) is 1. The van der Waals surface area contributed by atoms with Gasteiger partial charge >= 0.3 is 0 Å². The molecule has 0 aliphatic carbocycles. The molecular formula is C22H20FN3O2. The molecule has 3 aromatic rings. The second-order valence-electron chi connectivity index (χ2n) is 6.75. The highest BCUT2D eigenvalue weighted by molar-refractivity contribution is 6.03. The number of carbonyl (C=O) groups excluding carboxylic acids is 1. The fourth-order valence-electron chi connectivity index (χ4n) is 3.22. The monoisotopic (exact) mass is 377 g/mol. The van der Waals surface area contributed by atoms with Gasteiger partial charge in [-0.2, -0.15) is 5.10 Å². The van der Waals surface area contributed by atoms with E-state index in [1.807, 2.05) is 37.3 Å². The Morgan fingerprint density at radius 3 is 2.75 bits per heavy atom. The van der Waals surface area contributed by atoms with Crippen molar-refractivity contribution in [3.8, 4) is 0 Å². The maximum Gasteiger partial charge on any atom is 0.262 e. The molecule has 0 radical (unpaired) electrons. The first-order chi connectivity index (χ1) is 13.6. The Morgan fingerprint density at radius 2 is 2.04 bits per heavy atom. The van der Waals surface area contributed by atoms with Gasteiger partial charge in [-0.1, -0.05) is 35.9 Å². The van der Waals surface area contributed by atoms with Gasteiger partial charge in [-0.25, -0.2) is 9.40 Å². The summed E-state index contributed by atoms with van der Waals surface area (Å²) in [7, 11) is 0. The van der Waals surface area contributed by atoms with Gasteiger partial charge in [0.2, 0.25) is 0 Å². The predicted octanol–water partition coefficient (Wildman–Crippen LogP) is 4.52. The highest BCUT2D eigenvalue weighted by Gasteiger charge is 2.34. The zero-order chi connectivity index (χ0) is 19.5. The molecule has 142 valence electrons. The molecule has 6 heteroatoms. The van der Waals surface area contributed by atoms with Crippen molar-refractivity contribution in [2.75, 3.05) is 11.9 Å². The fraction of sp³-hybridized carbons (Fsp3) is 0.182. The van der Waals surface area contributed by atoms with Crippen molar-refractivity contribution in [2.45, 2.75) is 19.4 Å². The van der Waals surface area contributed by atoms with Gasteiger partial charge in [-0.15, -0.1) is 0 Å². The number of furan rings is 1. The number of nitrogens with zero attached hydrogens (tertiary/aromatic N) is 2.